The molecule has 122 valence electrons. The summed E-state index contributed by atoms with van der Waals surface area (Å²) in [5.74, 6) is 0.272. The molecule has 25 heavy (non-hydrogen) atoms. The number of anilines is 2. The highest BCUT2D eigenvalue weighted by atomic mass is 16.2. The quantitative estimate of drug-likeness (QED) is 0.769. The van der Waals surface area contributed by atoms with Crippen molar-refractivity contribution in [2.24, 2.45) is 0 Å². The van der Waals surface area contributed by atoms with Gasteiger partial charge in [-0.25, -0.2) is 9.88 Å². The lowest BCUT2D eigenvalue weighted by atomic mass is 9.93. The molecular weight excluding hydrogens is 316 g/mol. The van der Waals surface area contributed by atoms with Crippen LogP contribution in [0.5, 0.6) is 0 Å². The highest BCUT2D eigenvalue weighted by molar-refractivity contribution is 6.10. The van der Waals surface area contributed by atoms with Gasteiger partial charge in [0.05, 0.1) is 11.6 Å². The molecule has 1 unspecified atom stereocenters. The second kappa shape index (κ2) is 5.59. The summed E-state index contributed by atoms with van der Waals surface area (Å²) in [5.41, 5.74) is 1.86. The Balaban J connectivity index is 1.77. The minimum Gasteiger partial charge on any atom is -0.353 e. The number of nitrogens with zero attached hydrogens (tertiary/aromatic N) is 4. The smallest absolute Gasteiger partial charge is 0.267 e. The SMILES string of the molecule is N#Cc1ccc(-c2cnc3c(c2)N(C#N)C(=O)C2(CCNC2)N3)cc1. The number of fused-ring (bicyclic) bond motifs is 1. The molecule has 3 heterocycles. The van der Waals surface area contributed by atoms with Gasteiger partial charge in [-0.15, -0.1) is 0 Å². The third-order valence-electron chi connectivity index (χ3n) is 4.68. The van der Waals surface area contributed by atoms with Crippen LogP contribution in [0, 0.1) is 22.8 Å². The standard InChI is InChI=1S/C18H14N6O/c19-8-12-1-3-13(4-2-12)14-7-15-16(22-9-14)23-18(5-6-21-10-18)17(25)24(15)11-20/h1-4,7,9,21H,5-6,10H2,(H,22,23). The summed E-state index contributed by atoms with van der Waals surface area (Å²) in [6.45, 7) is 1.19. The maximum absolute atomic E-state index is 12.8. The summed E-state index contributed by atoms with van der Waals surface area (Å²) in [5, 5.41) is 24.8. The number of pyridine rings is 1. The molecule has 0 radical (unpaired) electrons. The number of amides is 1. The molecule has 2 aliphatic rings. The highest BCUT2D eigenvalue weighted by Crippen LogP contribution is 2.38. The van der Waals surface area contributed by atoms with Gasteiger partial charge in [0, 0.05) is 18.3 Å². The number of nitrogens with one attached hydrogen (secondary N) is 2. The minimum atomic E-state index is -0.800. The molecule has 0 aliphatic carbocycles. The summed E-state index contributed by atoms with van der Waals surface area (Å²) < 4.78 is 0. The lowest BCUT2D eigenvalue weighted by Gasteiger charge is -2.37. The average Bonchev–Trinajstić information content (AvgIpc) is 3.12. The van der Waals surface area contributed by atoms with E-state index in [1.165, 1.54) is 0 Å². The first kappa shape index (κ1) is 15.1. The summed E-state index contributed by atoms with van der Waals surface area (Å²) in [6, 6.07) is 10.9. The number of hydrogen-bond acceptors (Lipinski definition) is 6. The monoisotopic (exact) mass is 330 g/mol. The van der Waals surface area contributed by atoms with Crippen LogP contribution in [0.15, 0.2) is 36.5 Å². The van der Waals surface area contributed by atoms with Crippen LogP contribution in [0.3, 0.4) is 0 Å². The normalized spacial score (nSPS) is 21.4. The Morgan fingerprint density at radius 3 is 2.64 bits per heavy atom. The van der Waals surface area contributed by atoms with Crippen LogP contribution in [-0.2, 0) is 4.79 Å². The van der Waals surface area contributed by atoms with Crippen LogP contribution in [0.4, 0.5) is 11.5 Å². The van der Waals surface area contributed by atoms with Gasteiger partial charge in [-0.3, -0.25) is 4.79 Å². The van der Waals surface area contributed by atoms with Crippen LogP contribution in [-0.4, -0.2) is 29.5 Å². The number of nitriles is 2. The van der Waals surface area contributed by atoms with E-state index in [0.29, 0.717) is 30.0 Å². The maximum Gasteiger partial charge on any atom is 0.267 e. The number of benzene rings is 1. The van der Waals surface area contributed by atoms with Gasteiger partial charge in [0.25, 0.3) is 5.91 Å². The van der Waals surface area contributed by atoms with E-state index in [-0.39, 0.29) is 5.91 Å². The van der Waals surface area contributed by atoms with Gasteiger partial charge in [0.15, 0.2) is 12.0 Å². The van der Waals surface area contributed by atoms with E-state index in [9.17, 15) is 10.1 Å². The van der Waals surface area contributed by atoms with E-state index in [4.69, 9.17) is 5.26 Å². The predicted octanol–water partition coefficient (Wildman–Crippen LogP) is 1.59. The lowest BCUT2D eigenvalue weighted by molar-refractivity contribution is -0.121. The van der Waals surface area contributed by atoms with E-state index >= 15 is 0 Å². The van der Waals surface area contributed by atoms with Crippen LogP contribution in [0.1, 0.15) is 12.0 Å². The number of carbonyl (C=O) groups excluding carboxylic acids is 1. The van der Waals surface area contributed by atoms with Crippen molar-refractivity contribution < 1.29 is 4.79 Å². The number of rotatable bonds is 1. The molecule has 1 spiro atoms. The Morgan fingerprint density at radius 1 is 1.20 bits per heavy atom. The molecule has 0 bridgehead atoms. The first-order valence-corrected chi connectivity index (χ1v) is 7.91. The average molecular weight is 330 g/mol. The molecule has 1 fully saturated rings. The topological polar surface area (TPSA) is 105 Å². The molecule has 2 aliphatic heterocycles. The van der Waals surface area contributed by atoms with Gasteiger partial charge >= 0.3 is 0 Å². The van der Waals surface area contributed by atoms with E-state index < -0.39 is 5.54 Å². The molecule has 2 aromatic rings. The Hall–Kier alpha value is -3.42. The predicted molar refractivity (Wildman–Crippen MR) is 91.3 cm³/mol. The van der Waals surface area contributed by atoms with Crippen molar-refractivity contribution in [3.05, 3.63) is 42.1 Å². The Morgan fingerprint density at radius 2 is 2.00 bits per heavy atom. The molecule has 1 aromatic heterocycles. The summed E-state index contributed by atoms with van der Waals surface area (Å²) in [4.78, 5) is 18.4. The van der Waals surface area contributed by atoms with Crippen molar-refractivity contribution in [3.8, 4) is 23.4 Å². The molecule has 7 heteroatoms. The lowest BCUT2D eigenvalue weighted by Crippen LogP contribution is -2.57. The van der Waals surface area contributed by atoms with Crippen LogP contribution < -0.4 is 15.5 Å². The number of carbonyl (C=O) groups is 1. The second-order valence-electron chi connectivity index (χ2n) is 6.16. The third kappa shape index (κ3) is 2.30. The van der Waals surface area contributed by atoms with Gasteiger partial charge in [-0.05, 0) is 36.7 Å². The maximum atomic E-state index is 12.8. The molecule has 1 atom stereocenters. The molecule has 1 amide bonds. The van der Waals surface area contributed by atoms with Crippen LogP contribution >= 0.6 is 0 Å². The van der Waals surface area contributed by atoms with Gasteiger partial charge in [-0.1, -0.05) is 12.1 Å². The van der Waals surface area contributed by atoms with Gasteiger partial charge in [0.2, 0.25) is 0 Å². The van der Waals surface area contributed by atoms with Crippen LogP contribution in [0.2, 0.25) is 0 Å². The number of hydrogen-bond donors (Lipinski definition) is 2. The Bertz CT molecular complexity index is 932. The molecule has 4 rings (SSSR count). The highest BCUT2D eigenvalue weighted by Gasteiger charge is 2.48. The van der Waals surface area contributed by atoms with Crippen LogP contribution in [0.25, 0.3) is 11.1 Å². The Labute approximate surface area is 144 Å². The van der Waals surface area contributed by atoms with Crippen molar-refractivity contribution >= 4 is 17.4 Å². The van der Waals surface area contributed by atoms with Crippen molar-refractivity contribution in [2.75, 3.05) is 23.3 Å². The van der Waals surface area contributed by atoms with E-state index in [1.54, 1.807) is 24.4 Å². The van der Waals surface area contributed by atoms with Crippen molar-refractivity contribution in [2.45, 2.75) is 12.0 Å². The second-order valence-corrected chi connectivity index (χ2v) is 6.16. The Kier molecular flexibility index (Phi) is 3.38. The fraction of sp³-hybridized carbons (Fsp3) is 0.222. The fourth-order valence-electron chi connectivity index (χ4n) is 3.30. The zero-order valence-electron chi connectivity index (χ0n) is 13.3. The molecule has 1 aromatic carbocycles. The van der Waals surface area contributed by atoms with Crippen molar-refractivity contribution in [3.63, 3.8) is 0 Å². The van der Waals surface area contributed by atoms with Gasteiger partial charge in [-0.2, -0.15) is 10.5 Å². The van der Waals surface area contributed by atoms with E-state index in [1.807, 2.05) is 18.3 Å². The number of aromatic nitrogens is 1. The minimum absolute atomic E-state index is 0.258. The van der Waals surface area contributed by atoms with Gasteiger partial charge in [0.1, 0.15) is 11.2 Å². The molecule has 1 saturated heterocycles. The molecule has 0 saturated carbocycles. The third-order valence-corrected chi connectivity index (χ3v) is 4.68. The zero-order valence-corrected chi connectivity index (χ0v) is 13.3. The van der Waals surface area contributed by atoms with E-state index in [0.717, 1.165) is 22.6 Å². The summed E-state index contributed by atoms with van der Waals surface area (Å²) >= 11 is 0. The molecular formula is C18H14N6O. The summed E-state index contributed by atoms with van der Waals surface area (Å²) in [6.07, 6.45) is 4.31. The first-order valence-electron chi connectivity index (χ1n) is 7.91. The molecule has 2 N–H and O–H groups in total. The zero-order chi connectivity index (χ0) is 17.4. The first-order chi connectivity index (χ1) is 12.2. The fourth-order valence-corrected chi connectivity index (χ4v) is 3.30. The molecule has 7 nitrogen and oxygen atoms in total. The largest absolute Gasteiger partial charge is 0.353 e. The summed E-state index contributed by atoms with van der Waals surface area (Å²) in [7, 11) is 0. The van der Waals surface area contributed by atoms with Crippen molar-refractivity contribution in [1.82, 2.24) is 10.3 Å². The van der Waals surface area contributed by atoms with Gasteiger partial charge < -0.3 is 10.6 Å². The van der Waals surface area contributed by atoms with E-state index in [2.05, 4.69) is 21.7 Å². The van der Waals surface area contributed by atoms with Crippen molar-refractivity contribution in [1.29, 1.82) is 10.5 Å².